The van der Waals surface area contributed by atoms with Gasteiger partial charge < -0.3 is 14.2 Å². The maximum atomic E-state index is 11.7. The van der Waals surface area contributed by atoms with E-state index in [4.69, 9.17) is 9.47 Å². The number of Topliss-reactive ketones (excluding diaryl/α,β-unsaturated/α-hetero) is 1. The summed E-state index contributed by atoms with van der Waals surface area (Å²) in [7, 11) is 4.24. The molecular formula is C13H16O5. The monoisotopic (exact) mass is 252 g/mol. The second-order valence-corrected chi connectivity index (χ2v) is 3.64. The molecule has 1 aromatic rings. The van der Waals surface area contributed by atoms with Crippen LogP contribution >= 0.6 is 0 Å². The zero-order valence-electron chi connectivity index (χ0n) is 10.9. The Labute approximate surface area is 106 Å². The largest absolute Gasteiger partial charge is 0.493 e. The van der Waals surface area contributed by atoms with Crippen molar-refractivity contribution < 1.29 is 23.8 Å². The highest BCUT2D eigenvalue weighted by molar-refractivity contribution is 6.00. The summed E-state index contributed by atoms with van der Waals surface area (Å²) >= 11 is 0. The molecule has 0 fully saturated rings. The van der Waals surface area contributed by atoms with Gasteiger partial charge in [-0.25, -0.2) is 0 Å². The van der Waals surface area contributed by atoms with Crippen molar-refractivity contribution in [1.82, 2.24) is 0 Å². The third-order valence-corrected chi connectivity index (χ3v) is 2.55. The van der Waals surface area contributed by atoms with Crippen LogP contribution < -0.4 is 9.47 Å². The number of rotatable bonds is 5. The summed E-state index contributed by atoms with van der Waals surface area (Å²) in [4.78, 5) is 23.0. The van der Waals surface area contributed by atoms with Crippen LogP contribution in [0.15, 0.2) is 12.1 Å². The molecule has 0 aromatic heterocycles. The Hall–Kier alpha value is -2.04. The van der Waals surface area contributed by atoms with Crippen LogP contribution in [-0.4, -0.2) is 33.1 Å². The van der Waals surface area contributed by atoms with Crippen LogP contribution in [0, 0.1) is 0 Å². The Bertz CT molecular complexity index is 465. The summed E-state index contributed by atoms with van der Waals surface area (Å²) in [5.41, 5.74) is 0.911. The van der Waals surface area contributed by atoms with Gasteiger partial charge in [0.15, 0.2) is 17.3 Å². The molecule has 0 N–H and O–H groups in total. The van der Waals surface area contributed by atoms with Gasteiger partial charge in [0.05, 0.1) is 33.3 Å². The molecule has 5 nitrogen and oxygen atoms in total. The number of benzene rings is 1. The molecule has 5 heteroatoms. The van der Waals surface area contributed by atoms with Crippen LogP contribution in [-0.2, 0) is 16.0 Å². The van der Waals surface area contributed by atoms with Crippen LogP contribution in [0.2, 0.25) is 0 Å². The Balaban J connectivity index is 3.34. The van der Waals surface area contributed by atoms with Crippen LogP contribution in [0.4, 0.5) is 0 Å². The van der Waals surface area contributed by atoms with E-state index in [2.05, 4.69) is 4.74 Å². The van der Waals surface area contributed by atoms with Crippen molar-refractivity contribution in [2.45, 2.75) is 13.3 Å². The first-order valence-corrected chi connectivity index (χ1v) is 5.36. The molecule has 0 bridgehead atoms. The minimum absolute atomic E-state index is 0.0196. The van der Waals surface area contributed by atoms with Crippen molar-refractivity contribution in [3.05, 3.63) is 23.3 Å². The van der Waals surface area contributed by atoms with E-state index in [1.165, 1.54) is 28.3 Å². The van der Waals surface area contributed by atoms with Gasteiger partial charge in [0, 0.05) is 0 Å². The molecule has 0 heterocycles. The van der Waals surface area contributed by atoms with Gasteiger partial charge in [0.25, 0.3) is 0 Å². The molecule has 18 heavy (non-hydrogen) atoms. The first kappa shape index (κ1) is 14.0. The van der Waals surface area contributed by atoms with Crippen molar-refractivity contribution >= 4 is 11.8 Å². The van der Waals surface area contributed by atoms with Crippen molar-refractivity contribution in [3.63, 3.8) is 0 Å². The SMILES string of the molecule is COC(=O)Cc1ccc(OC)c(OC)c1C(C)=O. The lowest BCUT2D eigenvalue weighted by atomic mass is 10.00. The zero-order chi connectivity index (χ0) is 13.7. The summed E-state index contributed by atoms with van der Waals surface area (Å²) in [6, 6.07) is 3.32. The van der Waals surface area contributed by atoms with Gasteiger partial charge in [-0.15, -0.1) is 0 Å². The predicted molar refractivity (Wildman–Crippen MR) is 65.3 cm³/mol. The number of ether oxygens (including phenoxy) is 3. The standard InChI is InChI=1S/C13H16O5/c1-8(14)12-9(7-11(15)17-3)5-6-10(16-2)13(12)18-4/h5-6H,7H2,1-4H3. The molecule has 1 rings (SSSR count). The van der Waals surface area contributed by atoms with Gasteiger partial charge in [-0.3, -0.25) is 9.59 Å². The molecule has 0 atom stereocenters. The molecule has 98 valence electrons. The second kappa shape index (κ2) is 6.05. The van der Waals surface area contributed by atoms with E-state index in [0.717, 1.165) is 0 Å². The van der Waals surface area contributed by atoms with Crippen LogP contribution in [0.25, 0.3) is 0 Å². The van der Waals surface area contributed by atoms with E-state index in [9.17, 15) is 9.59 Å². The van der Waals surface area contributed by atoms with Crippen LogP contribution in [0.5, 0.6) is 11.5 Å². The Morgan fingerprint density at radius 1 is 1.11 bits per heavy atom. The molecular weight excluding hydrogens is 236 g/mol. The van der Waals surface area contributed by atoms with E-state index < -0.39 is 5.97 Å². The fraction of sp³-hybridized carbons (Fsp3) is 0.385. The van der Waals surface area contributed by atoms with Crippen LogP contribution in [0.3, 0.4) is 0 Å². The van der Waals surface area contributed by atoms with Gasteiger partial charge in [-0.2, -0.15) is 0 Å². The highest BCUT2D eigenvalue weighted by Crippen LogP contribution is 2.34. The smallest absolute Gasteiger partial charge is 0.310 e. The summed E-state index contributed by atoms with van der Waals surface area (Å²) < 4.78 is 14.9. The molecule has 0 radical (unpaired) electrons. The first-order valence-electron chi connectivity index (χ1n) is 5.36. The number of methoxy groups -OCH3 is 3. The highest BCUT2D eigenvalue weighted by Gasteiger charge is 2.20. The summed E-state index contributed by atoms with van der Waals surface area (Å²) in [6.45, 7) is 1.41. The number of esters is 1. The lowest BCUT2D eigenvalue weighted by Gasteiger charge is -2.14. The van der Waals surface area contributed by atoms with Crippen LogP contribution in [0.1, 0.15) is 22.8 Å². The molecule has 1 aromatic carbocycles. The number of carbonyl (C=O) groups is 2. The Kier molecular flexibility index (Phi) is 4.71. The molecule has 0 amide bonds. The average Bonchev–Trinajstić information content (AvgIpc) is 2.37. The van der Waals surface area contributed by atoms with Gasteiger partial charge in [-0.05, 0) is 18.6 Å². The normalized spacial score (nSPS) is 9.78. The fourth-order valence-electron chi connectivity index (χ4n) is 1.73. The number of hydrogen-bond acceptors (Lipinski definition) is 5. The molecule has 0 spiro atoms. The van der Waals surface area contributed by atoms with Gasteiger partial charge in [-0.1, -0.05) is 6.07 Å². The average molecular weight is 252 g/mol. The highest BCUT2D eigenvalue weighted by atomic mass is 16.5. The van der Waals surface area contributed by atoms with E-state index in [1.54, 1.807) is 12.1 Å². The molecule has 0 saturated carbocycles. The van der Waals surface area contributed by atoms with Gasteiger partial charge >= 0.3 is 5.97 Å². The van der Waals surface area contributed by atoms with E-state index in [0.29, 0.717) is 22.6 Å². The number of carbonyl (C=O) groups excluding carboxylic acids is 2. The topological polar surface area (TPSA) is 61.8 Å². The number of ketones is 1. The maximum absolute atomic E-state index is 11.7. The van der Waals surface area contributed by atoms with Gasteiger partial charge in [0.2, 0.25) is 0 Å². The Morgan fingerprint density at radius 2 is 1.78 bits per heavy atom. The van der Waals surface area contributed by atoms with Crippen molar-refractivity contribution in [1.29, 1.82) is 0 Å². The predicted octanol–water partition coefficient (Wildman–Crippen LogP) is 1.62. The third-order valence-electron chi connectivity index (χ3n) is 2.55. The minimum Gasteiger partial charge on any atom is -0.493 e. The number of hydrogen-bond donors (Lipinski definition) is 0. The molecule has 0 unspecified atom stereocenters. The third kappa shape index (κ3) is 2.80. The van der Waals surface area contributed by atoms with Crippen molar-refractivity contribution in [3.8, 4) is 11.5 Å². The summed E-state index contributed by atoms with van der Waals surface area (Å²) in [5.74, 6) is 0.192. The Morgan fingerprint density at radius 3 is 2.22 bits per heavy atom. The maximum Gasteiger partial charge on any atom is 0.310 e. The van der Waals surface area contributed by atoms with E-state index >= 15 is 0 Å². The second-order valence-electron chi connectivity index (χ2n) is 3.64. The first-order chi connectivity index (χ1) is 8.54. The van der Waals surface area contributed by atoms with Crippen molar-refractivity contribution in [2.24, 2.45) is 0 Å². The lowest BCUT2D eigenvalue weighted by molar-refractivity contribution is -0.139. The van der Waals surface area contributed by atoms with E-state index in [-0.39, 0.29) is 12.2 Å². The molecule has 0 aliphatic rings. The molecule has 0 aliphatic heterocycles. The van der Waals surface area contributed by atoms with Crippen molar-refractivity contribution in [2.75, 3.05) is 21.3 Å². The quantitative estimate of drug-likeness (QED) is 0.588. The fourth-order valence-corrected chi connectivity index (χ4v) is 1.73. The van der Waals surface area contributed by atoms with E-state index in [1.807, 2.05) is 0 Å². The summed E-state index contributed by atoms with van der Waals surface area (Å²) in [6.07, 6.45) is 0.0196. The molecule has 0 saturated heterocycles. The molecule has 0 aliphatic carbocycles. The minimum atomic E-state index is -0.412. The summed E-state index contributed by atoms with van der Waals surface area (Å²) in [5, 5.41) is 0. The lowest BCUT2D eigenvalue weighted by Crippen LogP contribution is -2.10. The van der Waals surface area contributed by atoms with Gasteiger partial charge in [0.1, 0.15) is 0 Å². The zero-order valence-corrected chi connectivity index (χ0v) is 10.9.